The molecule has 0 saturated carbocycles. The molecule has 3 nitrogen and oxygen atoms in total. The topological polar surface area (TPSA) is 42.4 Å². The van der Waals surface area contributed by atoms with E-state index in [2.05, 4.69) is 43.1 Å². The van der Waals surface area contributed by atoms with Crippen LogP contribution in [-0.4, -0.2) is 22.8 Å². The van der Waals surface area contributed by atoms with E-state index in [4.69, 9.17) is 4.74 Å². The summed E-state index contributed by atoms with van der Waals surface area (Å²) in [7, 11) is 0. The highest BCUT2D eigenvalue weighted by Crippen LogP contribution is 2.33. The van der Waals surface area contributed by atoms with E-state index in [-0.39, 0.29) is 6.10 Å². The third kappa shape index (κ3) is 10.2. The zero-order valence-corrected chi connectivity index (χ0v) is 20.5. The minimum Gasteiger partial charge on any atom is -0.493 e. The second kappa shape index (κ2) is 16.7. The third-order valence-electron chi connectivity index (χ3n) is 6.22. The molecule has 1 heterocycles. The fourth-order valence-corrected chi connectivity index (χ4v) is 4.22. The molecule has 1 aromatic carbocycles. The smallest absolute Gasteiger partial charge is 0.127 e. The summed E-state index contributed by atoms with van der Waals surface area (Å²) >= 11 is 0. The molecule has 32 heavy (non-hydrogen) atoms. The molecule has 0 bridgehead atoms. The molecule has 0 aliphatic carbocycles. The fourth-order valence-electron chi connectivity index (χ4n) is 4.22. The van der Waals surface area contributed by atoms with E-state index in [0.29, 0.717) is 0 Å². The van der Waals surface area contributed by atoms with Gasteiger partial charge < -0.3 is 9.84 Å². The summed E-state index contributed by atoms with van der Waals surface area (Å²) in [4.78, 5) is 4.36. The van der Waals surface area contributed by atoms with Gasteiger partial charge in [-0.3, -0.25) is 4.98 Å². The van der Waals surface area contributed by atoms with E-state index >= 15 is 0 Å². The minimum atomic E-state index is -0.233. The molecule has 178 valence electrons. The number of aliphatic hydroxyl groups excluding tert-OH is 1. The van der Waals surface area contributed by atoms with Gasteiger partial charge in [0.1, 0.15) is 5.75 Å². The van der Waals surface area contributed by atoms with Crippen LogP contribution in [0.1, 0.15) is 103 Å². The Morgan fingerprint density at radius 2 is 1.47 bits per heavy atom. The van der Waals surface area contributed by atoms with Crippen LogP contribution in [0.5, 0.6) is 5.75 Å². The zero-order valence-electron chi connectivity index (χ0n) is 20.5. The molecule has 0 fully saturated rings. The Bertz CT molecular complexity index is 731. The normalized spacial score (nSPS) is 12.1. The number of benzene rings is 1. The van der Waals surface area contributed by atoms with Crippen LogP contribution in [0, 0.1) is 0 Å². The van der Waals surface area contributed by atoms with E-state index in [1.165, 1.54) is 68.9 Å². The van der Waals surface area contributed by atoms with E-state index in [1.54, 1.807) is 0 Å². The molecule has 0 saturated heterocycles. The Morgan fingerprint density at radius 1 is 0.781 bits per heavy atom. The van der Waals surface area contributed by atoms with Gasteiger partial charge in [0.15, 0.2) is 0 Å². The van der Waals surface area contributed by atoms with Crippen molar-refractivity contribution in [2.24, 2.45) is 0 Å². The second-order valence-electron chi connectivity index (χ2n) is 9.04. The van der Waals surface area contributed by atoms with Crippen molar-refractivity contribution in [2.45, 2.75) is 110 Å². The number of para-hydroxylation sites is 1. The van der Waals surface area contributed by atoms with Crippen molar-refractivity contribution in [3.8, 4) is 16.9 Å². The largest absolute Gasteiger partial charge is 0.493 e. The monoisotopic (exact) mass is 439 g/mol. The lowest BCUT2D eigenvalue weighted by Crippen LogP contribution is -2.08. The van der Waals surface area contributed by atoms with Crippen molar-refractivity contribution in [1.82, 2.24) is 4.98 Å². The van der Waals surface area contributed by atoms with Crippen LogP contribution >= 0.6 is 0 Å². The Kier molecular flexibility index (Phi) is 13.8. The SMILES string of the molecule is CCCCCCCCCOc1ccccc1-c1ccncc1CCC(O)CCCCCC. The molecule has 1 atom stereocenters. The molecule has 0 aliphatic rings. The van der Waals surface area contributed by atoms with Crippen molar-refractivity contribution in [2.75, 3.05) is 6.61 Å². The number of pyridine rings is 1. The number of ether oxygens (including phenoxy) is 1. The predicted molar refractivity (Wildman–Crippen MR) is 136 cm³/mol. The van der Waals surface area contributed by atoms with Gasteiger partial charge in [-0.2, -0.15) is 0 Å². The van der Waals surface area contributed by atoms with Crippen LogP contribution in [0.3, 0.4) is 0 Å². The molecule has 2 rings (SSSR count). The first kappa shape index (κ1) is 26.4. The maximum atomic E-state index is 10.4. The molecule has 0 amide bonds. The Morgan fingerprint density at radius 3 is 2.25 bits per heavy atom. The quantitative estimate of drug-likeness (QED) is 0.238. The van der Waals surface area contributed by atoms with Gasteiger partial charge in [-0.05, 0) is 48.9 Å². The molecule has 1 unspecified atom stereocenters. The highest BCUT2D eigenvalue weighted by atomic mass is 16.5. The molecule has 0 aliphatic heterocycles. The van der Waals surface area contributed by atoms with Crippen molar-refractivity contribution in [3.05, 3.63) is 48.3 Å². The van der Waals surface area contributed by atoms with Crippen molar-refractivity contribution >= 4 is 0 Å². The van der Waals surface area contributed by atoms with Crippen LogP contribution < -0.4 is 4.74 Å². The summed E-state index contributed by atoms with van der Waals surface area (Å²) in [5.74, 6) is 0.950. The molecule has 2 aromatic rings. The fraction of sp³-hybridized carbons (Fsp3) is 0.621. The summed E-state index contributed by atoms with van der Waals surface area (Å²) in [5, 5.41) is 10.4. The zero-order chi connectivity index (χ0) is 22.9. The van der Waals surface area contributed by atoms with Crippen LogP contribution in [0.4, 0.5) is 0 Å². The van der Waals surface area contributed by atoms with Gasteiger partial charge in [0.25, 0.3) is 0 Å². The van der Waals surface area contributed by atoms with Crippen molar-refractivity contribution < 1.29 is 9.84 Å². The summed E-state index contributed by atoms with van der Waals surface area (Å²) in [6, 6.07) is 10.4. The summed E-state index contributed by atoms with van der Waals surface area (Å²) in [5.41, 5.74) is 3.49. The van der Waals surface area contributed by atoms with Gasteiger partial charge in [-0.1, -0.05) is 96.3 Å². The average molecular weight is 440 g/mol. The van der Waals surface area contributed by atoms with E-state index in [1.807, 2.05) is 18.5 Å². The molecule has 3 heteroatoms. The average Bonchev–Trinajstić information content (AvgIpc) is 2.83. The molecular formula is C29H45NO2. The maximum absolute atomic E-state index is 10.4. The standard InChI is InChI=1S/C29H45NO2/c1-3-5-7-9-10-11-15-23-32-29-18-14-13-17-28(29)27-21-22-30-24-25(27)19-20-26(31)16-12-8-6-4-2/h13-14,17-18,21-22,24,26,31H,3-12,15-16,19-20,23H2,1-2H3. The number of aliphatic hydroxyl groups is 1. The minimum absolute atomic E-state index is 0.233. The molecule has 1 N–H and O–H groups in total. The number of hydrogen-bond acceptors (Lipinski definition) is 3. The third-order valence-corrected chi connectivity index (χ3v) is 6.22. The van der Waals surface area contributed by atoms with E-state index in [9.17, 15) is 5.11 Å². The van der Waals surface area contributed by atoms with Gasteiger partial charge in [0.2, 0.25) is 0 Å². The summed E-state index contributed by atoms with van der Waals surface area (Å²) in [6.07, 6.45) is 19.9. The highest BCUT2D eigenvalue weighted by molar-refractivity contribution is 5.72. The summed E-state index contributed by atoms with van der Waals surface area (Å²) in [6.45, 7) is 5.24. The van der Waals surface area contributed by atoms with Gasteiger partial charge in [0, 0.05) is 18.0 Å². The number of aromatic nitrogens is 1. The molecule has 0 spiro atoms. The Balaban J connectivity index is 1.89. The van der Waals surface area contributed by atoms with Gasteiger partial charge in [0.05, 0.1) is 12.7 Å². The first-order chi connectivity index (χ1) is 15.8. The number of rotatable bonds is 18. The number of nitrogens with zero attached hydrogens (tertiary/aromatic N) is 1. The lowest BCUT2D eigenvalue weighted by atomic mass is 9.96. The van der Waals surface area contributed by atoms with Crippen LogP contribution in [-0.2, 0) is 6.42 Å². The van der Waals surface area contributed by atoms with E-state index in [0.717, 1.165) is 50.0 Å². The number of hydrogen-bond donors (Lipinski definition) is 1. The lowest BCUT2D eigenvalue weighted by Gasteiger charge is -2.16. The first-order valence-corrected chi connectivity index (χ1v) is 13.1. The predicted octanol–water partition coefficient (Wildman–Crippen LogP) is 8.14. The van der Waals surface area contributed by atoms with Gasteiger partial charge in [-0.25, -0.2) is 0 Å². The number of unbranched alkanes of at least 4 members (excludes halogenated alkanes) is 9. The molecular weight excluding hydrogens is 394 g/mol. The lowest BCUT2D eigenvalue weighted by molar-refractivity contribution is 0.151. The van der Waals surface area contributed by atoms with Crippen molar-refractivity contribution in [3.63, 3.8) is 0 Å². The number of aryl methyl sites for hydroxylation is 1. The van der Waals surface area contributed by atoms with Crippen LogP contribution in [0.2, 0.25) is 0 Å². The molecule has 0 radical (unpaired) electrons. The highest BCUT2D eigenvalue weighted by Gasteiger charge is 2.12. The van der Waals surface area contributed by atoms with Crippen LogP contribution in [0.25, 0.3) is 11.1 Å². The Labute approximate surface area is 196 Å². The second-order valence-corrected chi connectivity index (χ2v) is 9.04. The van der Waals surface area contributed by atoms with Gasteiger partial charge in [-0.15, -0.1) is 0 Å². The van der Waals surface area contributed by atoms with Crippen molar-refractivity contribution in [1.29, 1.82) is 0 Å². The van der Waals surface area contributed by atoms with Gasteiger partial charge >= 0.3 is 0 Å². The first-order valence-electron chi connectivity index (χ1n) is 13.1. The summed E-state index contributed by atoms with van der Waals surface area (Å²) < 4.78 is 6.21. The van der Waals surface area contributed by atoms with E-state index < -0.39 is 0 Å². The Hall–Kier alpha value is -1.87. The molecule has 1 aromatic heterocycles. The van der Waals surface area contributed by atoms with Crippen LogP contribution in [0.15, 0.2) is 42.7 Å². The maximum Gasteiger partial charge on any atom is 0.127 e.